The molecule has 0 saturated heterocycles. The van der Waals surface area contributed by atoms with Crippen LogP contribution in [0.4, 0.5) is 10.7 Å². The fraction of sp³-hybridized carbons (Fsp3) is 0.182. The topological polar surface area (TPSA) is 134 Å². The second-order valence-electron chi connectivity index (χ2n) is 10.8. The molecular formula is C33H28N6O4S. The van der Waals surface area contributed by atoms with Crippen molar-refractivity contribution >= 4 is 50.5 Å². The van der Waals surface area contributed by atoms with Crippen molar-refractivity contribution in [2.45, 2.75) is 39.2 Å². The Morgan fingerprint density at radius 1 is 1.00 bits per heavy atom. The number of pyridine rings is 2. The van der Waals surface area contributed by atoms with Gasteiger partial charge in [-0.1, -0.05) is 24.3 Å². The van der Waals surface area contributed by atoms with E-state index in [1.165, 1.54) is 32.6 Å². The van der Waals surface area contributed by atoms with E-state index in [0.29, 0.717) is 27.7 Å². The SMILES string of the molecule is Cc1cccn2c(=O)c3cc(C(=O)Nc4sc5c(c4C(=O)Nc4ccccc4)CCCC5)c(=N)n(Cc4ccco4)c3nc12. The Labute approximate surface area is 255 Å². The Balaban J connectivity index is 1.35. The van der Waals surface area contributed by atoms with Crippen molar-refractivity contribution in [3.63, 3.8) is 0 Å². The Morgan fingerprint density at radius 2 is 1.82 bits per heavy atom. The third-order valence-corrected chi connectivity index (χ3v) is 9.14. The molecule has 0 radical (unpaired) electrons. The molecule has 0 saturated carbocycles. The standard InChI is InChI=1S/C33H28N6O4S/c1-19-9-7-15-38-28(19)36-29-24(33(38)42)17-23(27(34)39(29)18-21-12-8-16-43-21)30(40)37-32-26(22-13-5-6-14-25(22)44-32)31(41)35-20-10-3-2-4-11-20/h2-4,7-12,15-17,34H,5-6,13-14,18H2,1H3,(H,35,41)(H,37,40). The van der Waals surface area contributed by atoms with E-state index in [1.54, 1.807) is 24.4 Å². The van der Waals surface area contributed by atoms with Gasteiger partial charge in [0.15, 0.2) is 0 Å². The molecule has 5 heterocycles. The number of amides is 2. The summed E-state index contributed by atoms with van der Waals surface area (Å²) in [7, 11) is 0. The van der Waals surface area contributed by atoms with Gasteiger partial charge in [0, 0.05) is 16.8 Å². The van der Waals surface area contributed by atoms with Crippen LogP contribution in [0.2, 0.25) is 0 Å². The summed E-state index contributed by atoms with van der Waals surface area (Å²) in [4.78, 5) is 47.2. The average Bonchev–Trinajstić information content (AvgIpc) is 3.67. The predicted molar refractivity (Wildman–Crippen MR) is 169 cm³/mol. The molecule has 0 unspecified atom stereocenters. The van der Waals surface area contributed by atoms with Crippen LogP contribution in [-0.2, 0) is 19.4 Å². The summed E-state index contributed by atoms with van der Waals surface area (Å²) >= 11 is 1.39. The van der Waals surface area contributed by atoms with Gasteiger partial charge in [-0.05, 0) is 80.1 Å². The zero-order chi connectivity index (χ0) is 30.4. The molecule has 10 nitrogen and oxygen atoms in total. The van der Waals surface area contributed by atoms with Gasteiger partial charge in [-0.15, -0.1) is 11.3 Å². The number of aryl methyl sites for hydroxylation is 2. The Hall–Kier alpha value is -5.29. The quantitative estimate of drug-likeness (QED) is 0.215. The number of hydrogen-bond donors (Lipinski definition) is 3. The second-order valence-corrected chi connectivity index (χ2v) is 11.9. The summed E-state index contributed by atoms with van der Waals surface area (Å²) in [5.74, 6) is -0.348. The molecule has 2 amide bonds. The molecule has 5 aromatic heterocycles. The highest BCUT2D eigenvalue weighted by atomic mass is 32.1. The van der Waals surface area contributed by atoms with E-state index in [9.17, 15) is 14.4 Å². The maximum atomic E-state index is 14.0. The highest BCUT2D eigenvalue weighted by Crippen LogP contribution is 2.38. The number of benzene rings is 1. The molecule has 7 rings (SSSR count). The number of nitrogens with one attached hydrogen (secondary N) is 3. The molecule has 1 aromatic carbocycles. The van der Waals surface area contributed by atoms with E-state index < -0.39 is 5.91 Å². The summed E-state index contributed by atoms with van der Waals surface area (Å²) in [5, 5.41) is 15.6. The fourth-order valence-corrected chi connectivity index (χ4v) is 7.04. The van der Waals surface area contributed by atoms with Crippen LogP contribution in [0.25, 0.3) is 16.7 Å². The number of hydrogen-bond acceptors (Lipinski definition) is 7. The number of rotatable bonds is 6. The molecule has 0 atom stereocenters. The number of anilines is 2. The number of carbonyl (C=O) groups is 2. The van der Waals surface area contributed by atoms with Gasteiger partial charge >= 0.3 is 0 Å². The smallest absolute Gasteiger partial charge is 0.267 e. The Kier molecular flexibility index (Phi) is 6.94. The highest BCUT2D eigenvalue weighted by Gasteiger charge is 2.28. The van der Waals surface area contributed by atoms with Crippen LogP contribution in [0, 0.1) is 12.3 Å². The van der Waals surface area contributed by atoms with Crippen molar-refractivity contribution < 1.29 is 14.0 Å². The first-order chi connectivity index (χ1) is 21.4. The van der Waals surface area contributed by atoms with Gasteiger partial charge in [0.2, 0.25) is 0 Å². The maximum Gasteiger partial charge on any atom is 0.267 e. The molecule has 1 aliphatic carbocycles. The molecule has 11 heteroatoms. The van der Waals surface area contributed by atoms with E-state index in [0.717, 1.165) is 41.7 Å². The molecular weight excluding hydrogens is 576 g/mol. The van der Waals surface area contributed by atoms with Crippen LogP contribution < -0.4 is 21.7 Å². The van der Waals surface area contributed by atoms with Crippen molar-refractivity contribution in [2.24, 2.45) is 0 Å². The fourth-order valence-electron chi connectivity index (χ4n) is 5.76. The van der Waals surface area contributed by atoms with E-state index in [-0.39, 0.29) is 40.1 Å². The zero-order valence-electron chi connectivity index (χ0n) is 23.8. The molecule has 0 bridgehead atoms. The minimum atomic E-state index is -0.591. The van der Waals surface area contributed by atoms with Gasteiger partial charge in [0.1, 0.15) is 27.5 Å². The summed E-state index contributed by atoms with van der Waals surface area (Å²) in [6, 6.07) is 17.7. The number of fused-ring (bicyclic) bond motifs is 3. The lowest BCUT2D eigenvalue weighted by Crippen LogP contribution is -2.32. The molecule has 44 heavy (non-hydrogen) atoms. The molecule has 6 aromatic rings. The first-order valence-electron chi connectivity index (χ1n) is 14.3. The van der Waals surface area contributed by atoms with Crippen LogP contribution in [-0.4, -0.2) is 25.8 Å². The lowest BCUT2D eigenvalue weighted by molar-refractivity contribution is 0.102. The van der Waals surface area contributed by atoms with Crippen LogP contribution in [0.3, 0.4) is 0 Å². The third kappa shape index (κ3) is 4.80. The number of carbonyl (C=O) groups excluding carboxylic acids is 2. The molecule has 1 aliphatic rings. The summed E-state index contributed by atoms with van der Waals surface area (Å²) in [6.45, 7) is 1.95. The highest BCUT2D eigenvalue weighted by molar-refractivity contribution is 7.17. The normalized spacial score (nSPS) is 12.8. The summed E-state index contributed by atoms with van der Waals surface area (Å²) in [5.41, 5.74) is 3.09. The molecule has 220 valence electrons. The van der Waals surface area contributed by atoms with Gasteiger partial charge in [0.05, 0.1) is 29.3 Å². The van der Waals surface area contributed by atoms with Crippen molar-refractivity contribution in [1.82, 2.24) is 14.0 Å². The van der Waals surface area contributed by atoms with E-state index >= 15 is 0 Å². The van der Waals surface area contributed by atoms with Gasteiger partial charge < -0.3 is 19.6 Å². The van der Waals surface area contributed by atoms with Crippen LogP contribution >= 0.6 is 11.3 Å². The number of para-hydroxylation sites is 1. The first-order valence-corrected chi connectivity index (χ1v) is 15.2. The van der Waals surface area contributed by atoms with Gasteiger partial charge in [-0.25, -0.2) is 4.98 Å². The molecule has 3 N–H and O–H groups in total. The van der Waals surface area contributed by atoms with Crippen LogP contribution in [0.15, 0.2) is 82.3 Å². The van der Waals surface area contributed by atoms with Crippen molar-refractivity contribution in [2.75, 3.05) is 10.6 Å². The van der Waals surface area contributed by atoms with Crippen molar-refractivity contribution in [3.05, 3.63) is 122 Å². The monoisotopic (exact) mass is 604 g/mol. The van der Waals surface area contributed by atoms with E-state index in [1.807, 2.05) is 43.3 Å². The van der Waals surface area contributed by atoms with Crippen molar-refractivity contribution in [1.29, 1.82) is 5.41 Å². The van der Waals surface area contributed by atoms with E-state index in [4.69, 9.17) is 14.8 Å². The van der Waals surface area contributed by atoms with Crippen LogP contribution in [0.5, 0.6) is 0 Å². The maximum absolute atomic E-state index is 14.0. The van der Waals surface area contributed by atoms with Gasteiger partial charge in [-0.2, -0.15) is 0 Å². The number of nitrogens with zero attached hydrogens (tertiary/aromatic N) is 3. The average molecular weight is 605 g/mol. The molecule has 0 spiro atoms. The van der Waals surface area contributed by atoms with E-state index in [2.05, 4.69) is 10.6 Å². The number of aromatic nitrogens is 3. The largest absolute Gasteiger partial charge is 0.467 e. The zero-order valence-corrected chi connectivity index (χ0v) is 24.7. The lowest BCUT2D eigenvalue weighted by atomic mass is 9.95. The number of furan rings is 1. The lowest BCUT2D eigenvalue weighted by Gasteiger charge is -2.15. The van der Waals surface area contributed by atoms with Gasteiger partial charge in [-0.3, -0.25) is 24.2 Å². The first kappa shape index (κ1) is 27.5. The second kappa shape index (κ2) is 11.1. The molecule has 0 fully saturated rings. The van der Waals surface area contributed by atoms with Gasteiger partial charge in [0.25, 0.3) is 17.4 Å². The Morgan fingerprint density at radius 3 is 2.61 bits per heavy atom. The minimum absolute atomic E-state index is 0.0173. The van der Waals surface area contributed by atoms with Crippen molar-refractivity contribution in [3.8, 4) is 0 Å². The molecule has 0 aliphatic heterocycles. The van der Waals surface area contributed by atoms with Crippen LogP contribution in [0.1, 0.15) is 55.3 Å². The number of thiophene rings is 1. The predicted octanol–water partition coefficient (Wildman–Crippen LogP) is 5.52. The summed E-state index contributed by atoms with van der Waals surface area (Å²) < 4.78 is 8.51. The minimum Gasteiger partial charge on any atom is -0.467 e. The third-order valence-electron chi connectivity index (χ3n) is 7.93. The summed E-state index contributed by atoms with van der Waals surface area (Å²) in [6.07, 6.45) is 6.72. The Bertz CT molecular complexity index is 2200.